The van der Waals surface area contributed by atoms with E-state index in [1.807, 2.05) is 28.5 Å². The summed E-state index contributed by atoms with van der Waals surface area (Å²) in [5, 5.41) is 3.09. The molecular formula is C15H18N2OS. The van der Waals surface area contributed by atoms with Gasteiger partial charge in [-0.15, -0.1) is 11.3 Å². The Morgan fingerprint density at radius 1 is 1.16 bits per heavy atom. The molecule has 1 fully saturated rings. The molecule has 1 amide bonds. The number of likely N-dealkylation sites (N-methyl/N-ethyl adjacent to an activating group) is 1. The van der Waals surface area contributed by atoms with Gasteiger partial charge in [0.1, 0.15) is 0 Å². The van der Waals surface area contributed by atoms with Crippen molar-refractivity contribution < 1.29 is 4.79 Å². The molecule has 100 valence electrons. The average Bonchev–Trinajstić information content (AvgIpc) is 2.74. The summed E-state index contributed by atoms with van der Waals surface area (Å²) in [7, 11) is 2.12. The first-order valence-electron chi connectivity index (χ1n) is 6.70. The van der Waals surface area contributed by atoms with Crippen LogP contribution in [0.15, 0.2) is 29.6 Å². The molecule has 3 rings (SSSR count). The van der Waals surface area contributed by atoms with Gasteiger partial charge >= 0.3 is 0 Å². The number of hydrogen-bond acceptors (Lipinski definition) is 3. The SMILES string of the molecule is CN1CCCN(C(=O)c2csc3ccccc23)CC1. The van der Waals surface area contributed by atoms with Crippen LogP contribution in [0.25, 0.3) is 10.1 Å². The highest BCUT2D eigenvalue weighted by molar-refractivity contribution is 7.17. The van der Waals surface area contributed by atoms with Crippen LogP contribution in [-0.4, -0.2) is 48.9 Å². The first kappa shape index (κ1) is 12.6. The smallest absolute Gasteiger partial charge is 0.255 e. The highest BCUT2D eigenvalue weighted by Gasteiger charge is 2.21. The summed E-state index contributed by atoms with van der Waals surface area (Å²) in [4.78, 5) is 16.9. The van der Waals surface area contributed by atoms with Gasteiger partial charge in [0.15, 0.2) is 0 Å². The standard InChI is InChI=1S/C15H18N2OS/c1-16-7-4-8-17(10-9-16)15(18)13-11-19-14-6-3-2-5-12(13)14/h2-3,5-6,11H,4,7-10H2,1H3. The highest BCUT2D eigenvalue weighted by Crippen LogP contribution is 2.26. The number of thiophene rings is 1. The molecule has 4 heteroatoms. The Morgan fingerprint density at radius 3 is 2.89 bits per heavy atom. The fourth-order valence-corrected chi connectivity index (χ4v) is 3.50. The van der Waals surface area contributed by atoms with Crippen molar-refractivity contribution in [1.82, 2.24) is 9.80 Å². The minimum Gasteiger partial charge on any atom is -0.337 e. The molecule has 0 N–H and O–H groups in total. The van der Waals surface area contributed by atoms with Crippen molar-refractivity contribution >= 4 is 27.3 Å². The molecule has 0 bridgehead atoms. The predicted molar refractivity (Wildman–Crippen MR) is 79.8 cm³/mol. The van der Waals surface area contributed by atoms with Gasteiger partial charge in [0.05, 0.1) is 5.56 Å². The van der Waals surface area contributed by atoms with Crippen molar-refractivity contribution in [2.45, 2.75) is 6.42 Å². The van der Waals surface area contributed by atoms with E-state index in [4.69, 9.17) is 0 Å². The molecule has 1 aromatic carbocycles. The zero-order chi connectivity index (χ0) is 13.2. The second-order valence-electron chi connectivity index (χ2n) is 5.09. The van der Waals surface area contributed by atoms with Crippen LogP contribution in [0.2, 0.25) is 0 Å². The molecule has 19 heavy (non-hydrogen) atoms. The van der Waals surface area contributed by atoms with E-state index < -0.39 is 0 Å². The lowest BCUT2D eigenvalue weighted by Gasteiger charge is -2.20. The Kier molecular flexibility index (Phi) is 3.53. The number of rotatable bonds is 1. The van der Waals surface area contributed by atoms with Crippen molar-refractivity contribution in [2.75, 3.05) is 33.2 Å². The molecule has 1 aliphatic rings. The van der Waals surface area contributed by atoms with E-state index in [2.05, 4.69) is 18.0 Å². The summed E-state index contributed by atoms with van der Waals surface area (Å²) in [5.74, 6) is 0.188. The third-order valence-corrected chi connectivity index (χ3v) is 4.68. The first-order valence-corrected chi connectivity index (χ1v) is 7.58. The molecule has 0 unspecified atom stereocenters. The number of carbonyl (C=O) groups excluding carboxylic acids is 1. The maximum absolute atomic E-state index is 12.6. The van der Waals surface area contributed by atoms with Gasteiger partial charge in [-0.1, -0.05) is 18.2 Å². The molecule has 1 aromatic heterocycles. The topological polar surface area (TPSA) is 23.6 Å². The van der Waals surface area contributed by atoms with Crippen LogP contribution in [0.4, 0.5) is 0 Å². The minimum atomic E-state index is 0.188. The normalized spacial score (nSPS) is 17.6. The maximum atomic E-state index is 12.6. The van der Waals surface area contributed by atoms with E-state index in [9.17, 15) is 4.79 Å². The largest absolute Gasteiger partial charge is 0.337 e. The highest BCUT2D eigenvalue weighted by atomic mass is 32.1. The minimum absolute atomic E-state index is 0.188. The summed E-state index contributed by atoms with van der Waals surface area (Å²) in [6, 6.07) is 8.14. The molecule has 0 spiro atoms. The van der Waals surface area contributed by atoms with Gasteiger partial charge in [-0.05, 0) is 26.1 Å². The molecule has 0 radical (unpaired) electrons. The number of carbonyl (C=O) groups is 1. The predicted octanol–water partition coefficient (Wildman–Crippen LogP) is 2.68. The van der Waals surface area contributed by atoms with Gasteiger partial charge in [0, 0.05) is 35.1 Å². The van der Waals surface area contributed by atoms with Gasteiger partial charge in [-0.25, -0.2) is 0 Å². The van der Waals surface area contributed by atoms with Crippen molar-refractivity contribution in [3.05, 3.63) is 35.2 Å². The zero-order valence-corrected chi connectivity index (χ0v) is 11.9. The van der Waals surface area contributed by atoms with Crippen molar-refractivity contribution in [3.63, 3.8) is 0 Å². The molecule has 0 saturated carbocycles. The summed E-state index contributed by atoms with van der Waals surface area (Å²) in [6.45, 7) is 3.74. The summed E-state index contributed by atoms with van der Waals surface area (Å²) >= 11 is 1.65. The van der Waals surface area contributed by atoms with Crippen LogP contribution in [0, 0.1) is 0 Å². The van der Waals surface area contributed by atoms with Gasteiger partial charge in [0.25, 0.3) is 5.91 Å². The van der Waals surface area contributed by atoms with E-state index in [0.717, 1.165) is 43.5 Å². The number of fused-ring (bicyclic) bond motifs is 1. The van der Waals surface area contributed by atoms with Crippen molar-refractivity contribution in [2.24, 2.45) is 0 Å². The summed E-state index contributed by atoms with van der Waals surface area (Å²) < 4.78 is 1.19. The van der Waals surface area contributed by atoms with Gasteiger partial charge in [-0.3, -0.25) is 4.79 Å². The van der Waals surface area contributed by atoms with Crippen LogP contribution in [-0.2, 0) is 0 Å². The quantitative estimate of drug-likeness (QED) is 0.798. The number of benzene rings is 1. The molecule has 0 aliphatic carbocycles. The third-order valence-electron chi connectivity index (χ3n) is 3.72. The second-order valence-corrected chi connectivity index (χ2v) is 6.01. The lowest BCUT2D eigenvalue weighted by atomic mass is 10.1. The van der Waals surface area contributed by atoms with E-state index in [1.54, 1.807) is 11.3 Å². The lowest BCUT2D eigenvalue weighted by molar-refractivity contribution is 0.0765. The first-order chi connectivity index (χ1) is 9.25. The molecule has 2 aromatic rings. The molecule has 0 atom stereocenters. The van der Waals surface area contributed by atoms with Crippen LogP contribution < -0.4 is 0 Å². The lowest BCUT2D eigenvalue weighted by Crippen LogP contribution is -2.34. The van der Waals surface area contributed by atoms with Crippen LogP contribution in [0.1, 0.15) is 16.8 Å². The maximum Gasteiger partial charge on any atom is 0.255 e. The van der Waals surface area contributed by atoms with E-state index >= 15 is 0 Å². The van der Waals surface area contributed by atoms with Crippen molar-refractivity contribution in [1.29, 1.82) is 0 Å². The van der Waals surface area contributed by atoms with Crippen LogP contribution in [0.5, 0.6) is 0 Å². The Balaban J connectivity index is 1.87. The third kappa shape index (κ3) is 2.51. The van der Waals surface area contributed by atoms with Gasteiger partial charge in [0.2, 0.25) is 0 Å². The van der Waals surface area contributed by atoms with Crippen LogP contribution >= 0.6 is 11.3 Å². The monoisotopic (exact) mass is 274 g/mol. The molecule has 1 aliphatic heterocycles. The number of hydrogen-bond donors (Lipinski definition) is 0. The molecule has 3 nitrogen and oxygen atoms in total. The Morgan fingerprint density at radius 2 is 2.00 bits per heavy atom. The fourth-order valence-electron chi connectivity index (χ4n) is 2.56. The van der Waals surface area contributed by atoms with E-state index in [-0.39, 0.29) is 5.91 Å². The van der Waals surface area contributed by atoms with Gasteiger partial charge in [-0.2, -0.15) is 0 Å². The molecule has 1 saturated heterocycles. The Hall–Kier alpha value is -1.39. The molecule has 2 heterocycles. The fraction of sp³-hybridized carbons (Fsp3) is 0.400. The Bertz CT molecular complexity index is 593. The average molecular weight is 274 g/mol. The van der Waals surface area contributed by atoms with E-state index in [0.29, 0.717) is 0 Å². The number of nitrogens with zero attached hydrogens (tertiary/aromatic N) is 2. The molecular weight excluding hydrogens is 256 g/mol. The number of amides is 1. The summed E-state index contributed by atoms with van der Waals surface area (Å²) in [6.07, 6.45) is 1.06. The zero-order valence-electron chi connectivity index (χ0n) is 11.1. The van der Waals surface area contributed by atoms with Crippen LogP contribution in [0.3, 0.4) is 0 Å². The Labute approximate surface area is 117 Å². The van der Waals surface area contributed by atoms with Gasteiger partial charge < -0.3 is 9.80 Å². The summed E-state index contributed by atoms with van der Waals surface area (Å²) in [5.41, 5.74) is 0.866. The van der Waals surface area contributed by atoms with E-state index in [1.165, 1.54) is 4.70 Å². The second kappa shape index (κ2) is 5.31. The van der Waals surface area contributed by atoms with Crippen molar-refractivity contribution in [3.8, 4) is 0 Å².